The first-order valence-electron chi connectivity index (χ1n) is 6.35. The van der Waals surface area contributed by atoms with E-state index in [2.05, 4.69) is 5.32 Å². The molecule has 1 saturated carbocycles. The normalized spacial score (nSPS) is 25.8. The third-order valence-electron chi connectivity index (χ3n) is 3.69. The van der Waals surface area contributed by atoms with Crippen molar-refractivity contribution in [2.24, 2.45) is 5.92 Å². The fraction of sp³-hybridized carbons (Fsp3) is 1.00. The van der Waals surface area contributed by atoms with Crippen molar-refractivity contribution < 1.29 is 13.2 Å². The molecule has 1 aliphatic rings. The second-order valence-corrected chi connectivity index (χ2v) is 5.04. The zero-order chi connectivity index (χ0) is 12.9. The van der Waals surface area contributed by atoms with Crippen LogP contribution in [0, 0.1) is 5.92 Å². The lowest BCUT2D eigenvalue weighted by atomic mass is 9.99. The quantitative estimate of drug-likeness (QED) is 0.782. The molecule has 1 aliphatic carbocycles. The second kappa shape index (κ2) is 6.59. The van der Waals surface area contributed by atoms with Crippen molar-refractivity contribution in [3.63, 3.8) is 0 Å². The van der Waals surface area contributed by atoms with Gasteiger partial charge in [-0.25, -0.2) is 0 Å². The smallest absolute Gasteiger partial charge is 0.317 e. The van der Waals surface area contributed by atoms with Gasteiger partial charge in [0.2, 0.25) is 0 Å². The standard InChI is InChI=1S/C12H23F3N2/c1-16-11-5-3-4-10(11)6-8-17(2)9-7-12(13,14)15/h10-11,16H,3-9H2,1-2H3. The Bertz CT molecular complexity index is 218. The van der Waals surface area contributed by atoms with Gasteiger partial charge in [-0.15, -0.1) is 0 Å². The summed E-state index contributed by atoms with van der Waals surface area (Å²) >= 11 is 0. The summed E-state index contributed by atoms with van der Waals surface area (Å²) in [5.41, 5.74) is 0. The molecule has 17 heavy (non-hydrogen) atoms. The maximum atomic E-state index is 12.0. The van der Waals surface area contributed by atoms with Crippen molar-refractivity contribution >= 4 is 0 Å². The predicted molar refractivity (Wildman–Crippen MR) is 63.0 cm³/mol. The van der Waals surface area contributed by atoms with Gasteiger partial charge in [0, 0.05) is 12.6 Å². The number of hydrogen-bond donors (Lipinski definition) is 1. The maximum Gasteiger partial charge on any atom is 0.390 e. The molecule has 0 aromatic carbocycles. The van der Waals surface area contributed by atoms with Crippen LogP contribution in [-0.4, -0.2) is 44.3 Å². The summed E-state index contributed by atoms with van der Waals surface area (Å²) in [6, 6.07) is 0.561. The molecule has 2 unspecified atom stereocenters. The first-order chi connectivity index (χ1) is 7.92. The van der Waals surface area contributed by atoms with E-state index in [0.29, 0.717) is 12.0 Å². The highest BCUT2D eigenvalue weighted by atomic mass is 19.4. The zero-order valence-electron chi connectivity index (χ0n) is 10.7. The summed E-state index contributed by atoms with van der Waals surface area (Å²) in [5.74, 6) is 0.633. The van der Waals surface area contributed by atoms with E-state index in [1.165, 1.54) is 19.3 Å². The van der Waals surface area contributed by atoms with E-state index in [4.69, 9.17) is 0 Å². The average Bonchev–Trinajstić information content (AvgIpc) is 2.69. The monoisotopic (exact) mass is 252 g/mol. The molecule has 0 heterocycles. The van der Waals surface area contributed by atoms with Crippen LogP contribution in [0.2, 0.25) is 0 Å². The van der Waals surface area contributed by atoms with Gasteiger partial charge in [-0.3, -0.25) is 0 Å². The Morgan fingerprint density at radius 3 is 2.53 bits per heavy atom. The van der Waals surface area contributed by atoms with Crippen molar-refractivity contribution in [1.29, 1.82) is 0 Å². The molecule has 2 atom stereocenters. The van der Waals surface area contributed by atoms with Gasteiger partial charge in [0.15, 0.2) is 0 Å². The van der Waals surface area contributed by atoms with Gasteiger partial charge < -0.3 is 10.2 Å². The number of hydrogen-bond acceptors (Lipinski definition) is 2. The van der Waals surface area contributed by atoms with E-state index in [9.17, 15) is 13.2 Å². The van der Waals surface area contributed by atoms with Gasteiger partial charge in [-0.2, -0.15) is 13.2 Å². The molecule has 0 aromatic rings. The van der Waals surface area contributed by atoms with Crippen LogP contribution in [0.15, 0.2) is 0 Å². The molecule has 0 spiro atoms. The number of nitrogens with one attached hydrogen (secondary N) is 1. The summed E-state index contributed by atoms with van der Waals surface area (Å²) in [7, 11) is 3.74. The SMILES string of the molecule is CNC1CCCC1CCN(C)CCC(F)(F)F. The maximum absolute atomic E-state index is 12.0. The molecule has 0 aliphatic heterocycles. The summed E-state index contributed by atoms with van der Waals surface area (Å²) in [6.45, 7) is 0.874. The van der Waals surface area contributed by atoms with Crippen molar-refractivity contribution in [3.8, 4) is 0 Å². The third kappa shape index (κ3) is 5.73. The fourth-order valence-electron chi connectivity index (χ4n) is 2.58. The van der Waals surface area contributed by atoms with Gasteiger partial charge in [0.1, 0.15) is 0 Å². The molecule has 0 bridgehead atoms. The van der Waals surface area contributed by atoms with Crippen molar-refractivity contribution in [1.82, 2.24) is 10.2 Å². The highest BCUT2D eigenvalue weighted by Crippen LogP contribution is 2.28. The van der Waals surface area contributed by atoms with Crippen molar-refractivity contribution in [2.45, 2.75) is 44.3 Å². The van der Waals surface area contributed by atoms with Gasteiger partial charge in [-0.1, -0.05) is 6.42 Å². The third-order valence-corrected chi connectivity index (χ3v) is 3.69. The van der Waals surface area contributed by atoms with Gasteiger partial charge >= 0.3 is 6.18 Å². The molecule has 0 radical (unpaired) electrons. The average molecular weight is 252 g/mol. The van der Waals surface area contributed by atoms with Crippen LogP contribution in [0.25, 0.3) is 0 Å². The summed E-state index contributed by atoms with van der Waals surface area (Å²) < 4.78 is 36.1. The van der Waals surface area contributed by atoms with Crippen LogP contribution in [0.5, 0.6) is 0 Å². The first kappa shape index (κ1) is 14.8. The lowest BCUT2D eigenvalue weighted by molar-refractivity contribution is -0.137. The minimum absolute atomic E-state index is 0.112. The Morgan fingerprint density at radius 1 is 1.24 bits per heavy atom. The predicted octanol–water partition coefficient (Wildman–Crippen LogP) is 2.65. The molecule has 0 aromatic heterocycles. The Hall–Kier alpha value is -0.290. The van der Waals surface area contributed by atoms with Crippen LogP contribution in [0.1, 0.15) is 32.1 Å². The van der Waals surface area contributed by atoms with Gasteiger partial charge in [0.05, 0.1) is 6.42 Å². The van der Waals surface area contributed by atoms with E-state index in [-0.39, 0.29) is 6.54 Å². The Balaban J connectivity index is 2.17. The molecule has 102 valence electrons. The largest absolute Gasteiger partial charge is 0.390 e. The first-order valence-corrected chi connectivity index (χ1v) is 6.35. The number of rotatable bonds is 6. The Kier molecular flexibility index (Phi) is 5.73. The van der Waals surface area contributed by atoms with E-state index < -0.39 is 12.6 Å². The lowest BCUT2D eigenvalue weighted by Gasteiger charge is -2.23. The van der Waals surface area contributed by atoms with E-state index >= 15 is 0 Å². The number of nitrogens with zero attached hydrogens (tertiary/aromatic N) is 1. The molecule has 0 amide bonds. The summed E-state index contributed by atoms with van der Waals surface area (Å²) in [4.78, 5) is 1.79. The number of alkyl halides is 3. The van der Waals surface area contributed by atoms with Crippen LogP contribution in [-0.2, 0) is 0 Å². The Labute approximate surface area is 102 Å². The van der Waals surface area contributed by atoms with Crippen LogP contribution < -0.4 is 5.32 Å². The van der Waals surface area contributed by atoms with Crippen molar-refractivity contribution in [2.75, 3.05) is 27.2 Å². The van der Waals surface area contributed by atoms with Gasteiger partial charge in [-0.05, 0) is 45.8 Å². The second-order valence-electron chi connectivity index (χ2n) is 5.04. The molecule has 1 fully saturated rings. The van der Waals surface area contributed by atoms with E-state index in [0.717, 1.165) is 13.0 Å². The van der Waals surface area contributed by atoms with Crippen LogP contribution in [0.4, 0.5) is 13.2 Å². The summed E-state index contributed by atoms with van der Waals surface area (Å²) in [6.07, 6.45) is -0.0902. The molecule has 2 nitrogen and oxygen atoms in total. The van der Waals surface area contributed by atoms with Gasteiger partial charge in [0.25, 0.3) is 0 Å². The molecule has 5 heteroatoms. The highest BCUT2D eigenvalue weighted by molar-refractivity contribution is 4.82. The molecule has 1 N–H and O–H groups in total. The van der Waals surface area contributed by atoms with E-state index in [1.807, 2.05) is 7.05 Å². The van der Waals surface area contributed by atoms with Crippen LogP contribution in [0.3, 0.4) is 0 Å². The fourth-order valence-corrected chi connectivity index (χ4v) is 2.58. The lowest BCUT2D eigenvalue weighted by Crippen LogP contribution is -2.32. The minimum atomic E-state index is -4.03. The molecular weight excluding hydrogens is 229 g/mol. The summed E-state index contributed by atoms with van der Waals surface area (Å²) in [5, 5.41) is 3.30. The number of halogens is 3. The topological polar surface area (TPSA) is 15.3 Å². The van der Waals surface area contributed by atoms with Crippen molar-refractivity contribution in [3.05, 3.63) is 0 Å². The van der Waals surface area contributed by atoms with Crippen LogP contribution >= 0.6 is 0 Å². The molecule has 0 saturated heterocycles. The van der Waals surface area contributed by atoms with E-state index in [1.54, 1.807) is 11.9 Å². The minimum Gasteiger partial charge on any atom is -0.317 e. The molecule has 1 rings (SSSR count). The molecular formula is C12H23F3N2. The Morgan fingerprint density at radius 2 is 1.94 bits per heavy atom. The highest BCUT2D eigenvalue weighted by Gasteiger charge is 2.28. The zero-order valence-corrected chi connectivity index (χ0v) is 10.7.